The predicted molar refractivity (Wildman–Crippen MR) is 87.9 cm³/mol. The molecule has 1 amide bonds. The minimum Gasteiger partial charge on any atom is -0.337 e. The Hall–Kier alpha value is -1.39. The molecule has 0 radical (unpaired) electrons. The van der Waals surface area contributed by atoms with Crippen LogP contribution in [0.5, 0.6) is 0 Å². The Kier molecular flexibility index (Phi) is 8.01. The van der Waals surface area contributed by atoms with E-state index in [4.69, 9.17) is 5.73 Å². The van der Waals surface area contributed by atoms with E-state index in [2.05, 4.69) is 24.0 Å². The third-order valence-corrected chi connectivity index (χ3v) is 3.64. The summed E-state index contributed by atoms with van der Waals surface area (Å²) >= 11 is 0. The zero-order valence-electron chi connectivity index (χ0n) is 13.6. The van der Waals surface area contributed by atoms with Crippen molar-refractivity contribution < 1.29 is 4.79 Å². The Morgan fingerprint density at radius 2 is 1.86 bits per heavy atom. The molecule has 118 valence electrons. The summed E-state index contributed by atoms with van der Waals surface area (Å²) in [6.07, 6.45) is 1.45. The molecule has 2 N–H and O–H groups in total. The van der Waals surface area contributed by atoms with Gasteiger partial charge in [0.25, 0.3) is 0 Å². The zero-order chi connectivity index (χ0) is 15.7. The lowest BCUT2D eigenvalue weighted by molar-refractivity contribution is -0.132. The fraction of sp³-hybridized carbons (Fsp3) is 0.588. The van der Waals surface area contributed by atoms with Crippen LogP contribution in [0, 0.1) is 5.92 Å². The molecule has 0 saturated heterocycles. The molecular weight excluding hydrogens is 262 g/mol. The van der Waals surface area contributed by atoms with Crippen LogP contribution in [0.1, 0.15) is 25.3 Å². The van der Waals surface area contributed by atoms with E-state index in [9.17, 15) is 4.79 Å². The van der Waals surface area contributed by atoms with Gasteiger partial charge in [-0.3, -0.25) is 4.79 Å². The maximum atomic E-state index is 12.4. The number of rotatable bonds is 9. The van der Waals surface area contributed by atoms with Crippen LogP contribution in [0.2, 0.25) is 0 Å². The van der Waals surface area contributed by atoms with Gasteiger partial charge in [0.2, 0.25) is 5.91 Å². The fourth-order valence-corrected chi connectivity index (χ4v) is 2.06. The smallest absolute Gasteiger partial charge is 0.222 e. The number of hydrogen-bond donors (Lipinski definition) is 1. The van der Waals surface area contributed by atoms with Gasteiger partial charge in [0, 0.05) is 26.1 Å². The monoisotopic (exact) mass is 291 g/mol. The second-order valence-electron chi connectivity index (χ2n) is 5.98. The summed E-state index contributed by atoms with van der Waals surface area (Å²) in [5, 5.41) is 0. The molecule has 0 spiro atoms. The van der Waals surface area contributed by atoms with E-state index in [1.165, 1.54) is 5.56 Å². The first-order valence-electron chi connectivity index (χ1n) is 7.69. The van der Waals surface area contributed by atoms with Gasteiger partial charge in [-0.25, -0.2) is 0 Å². The lowest BCUT2D eigenvalue weighted by Gasteiger charge is -2.25. The second-order valence-corrected chi connectivity index (χ2v) is 5.98. The van der Waals surface area contributed by atoms with Crippen LogP contribution < -0.4 is 5.73 Å². The van der Waals surface area contributed by atoms with E-state index in [1.54, 1.807) is 0 Å². The predicted octanol–water partition coefficient (Wildman–Crippen LogP) is 1.95. The van der Waals surface area contributed by atoms with Crippen LogP contribution in [0.3, 0.4) is 0 Å². The van der Waals surface area contributed by atoms with Gasteiger partial charge >= 0.3 is 0 Å². The van der Waals surface area contributed by atoms with Gasteiger partial charge in [-0.2, -0.15) is 0 Å². The molecule has 0 heterocycles. The SMILES string of the molecule is CC(CN)CCC(=O)N(CCN(C)C)Cc1ccccc1. The number of amides is 1. The number of nitrogens with two attached hydrogens (primary N) is 1. The van der Waals surface area contributed by atoms with Gasteiger partial charge in [-0.15, -0.1) is 0 Å². The number of nitrogens with zero attached hydrogens (tertiary/aromatic N) is 2. The van der Waals surface area contributed by atoms with Crippen LogP contribution in [0.4, 0.5) is 0 Å². The Bertz CT molecular complexity index is 406. The Morgan fingerprint density at radius 1 is 1.19 bits per heavy atom. The van der Waals surface area contributed by atoms with Crippen molar-refractivity contribution in [1.82, 2.24) is 9.80 Å². The molecular formula is C17H29N3O. The third kappa shape index (κ3) is 7.25. The third-order valence-electron chi connectivity index (χ3n) is 3.64. The maximum Gasteiger partial charge on any atom is 0.222 e. The quantitative estimate of drug-likeness (QED) is 0.756. The van der Waals surface area contributed by atoms with Gasteiger partial charge in [-0.1, -0.05) is 37.3 Å². The first kappa shape index (κ1) is 17.7. The van der Waals surface area contributed by atoms with Crippen LogP contribution in [-0.2, 0) is 11.3 Å². The molecule has 1 aromatic rings. The molecule has 0 saturated carbocycles. The van der Waals surface area contributed by atoms with Crippen molar-refractivity contribution in [3.8, 4) is 0 Å². The van der Waals surface area contributed by atoms with Crippen LogP contribution in [0.25, 0.3) is 0 Å². The normalized spacial score (nSPS) is 12.4. The van der Waals surface area contributed by atoms with E-state index in [0.29, 0.717) is 25.4 Å². The summed E-state index contributed by atoms with van der Waals surface area (Å²) in [6.45, 7) is 5.06. The van der Waals surface area contributed by atoms with Gasteiger partial charge in [0.1, 0.15) is 0 Å². The molecule has 1 aromatic carbocycles. The summed E-state index contributed by atoms with van der Waals surface area (Å²) in [5.74, 6) is 0.627. The maximum absolute atomic E-state index is 12.4. The van der Waals surface area contributed by atoms with Crippen molar-refractivity contribution in [3.05, 3.63) is 35.9 Å². The van der Waals surface area contributed by atoms with Crippen molar-refractivity contribution in [1.29, 1.82) is 0 Å². The minimum absolute atomic E-state index is 0.223. The summed E-state index contributed by atoms with van der Waals surface area (Å²) in [5.41, 5.74) is 6.80. The number of carbonyl (C=O) groups excluding carboxylic acids is 1. The van der Waals surface area contributed by atoms with E-state index >= 15 is 0 Å². The van der Waals surface area contributed by atoms with Gasteiger partial charge < -0.3 is 15.5 Å². The number of likely N-dealkylation sites (N-methyl/N-ethyl adjacent to an activating group) is 1. The molecule has 0 bridgehead atoms. The highest BCUT2D eigenvalue weighted by Crippen LogP contribution is 2.10. The highest BCUT2D eigenvalue weighted by atomic mass is 16.2. The molecule has 0 aliphatic heterocycles. The lowest BCUT2D eigenvalue weighted by Crippen LogP contribution is -2.36. The molecule has 0 aliphatic rings. The summed E-state index contributed by atoms with van der Waals surface area (Å²) in [6, 6.07) is 10.2. The van der Waals surface area contributed by atoms with Crippen molar-refractivity contribution in [2.45, 2.75) is 26.3 Å². The van der Waals surface area contributed by atoms with E-state index in [1.807, 2.05) is 37.2 Å². The Morgan fingerprint density at radius 3 is 2.43 bits per heavy atom. The molecule has 4 nitrogen and oxygen atoms in total. The summed E-state index contributed by atoms with van der Waals surface area (Å²) in [7, 11) is 4.06. The number of hydrogen-bond acceptors (Lipinski definition) is 3. The van der Waals surface area contributed by atoms with E-state index < -0.39 is 0 Å². The molecule has 1 unspecified atom stereocenters. The first-order chi connectivity index (χ1) is 10.0. The average Bonchev–Trinajstić information content (AvgIpc) is 2.49. The molecule has 1 rings (SSSR count). The Labute approximate surface area is 128 Å². The topological polar surface area (TPSA) is 49.6 Å². The van der Waals surface area contributed by atoms with E-state index in [0.717, 1.165) is 19.5 Å². The molecule has 0 fully saturated rings. The van der Waals surface area contributed by atoms with E-state index in [-0.39, 0.29) is 5.91 Å². The highest BCUT2D eigenvalue weighted by Gasteiger charge is 2.15. The Balaban J connectivity index is 2.60. The second kappa shape index (κ2) is 9.53. The zero-order valence-corrected chi connectivity index (χ0v) is 13.6. The number of carbonyl (C=O) groups is 1. The molecule has 1 atom stereocenters. The highest BCUT2D eigenvalue weighted by molar-refractivity contribution is 5.76. The van der Waals surface area contributed by atoms with Gasteiger partial charge in [0.05, 0.1) is 0 Å². The molecule has 0 aromatic heterocycles. The first-order valence-corrected chi connectivity index (χ1v) is 7.69. The van der Waals surface area contributed by atoms with Crippen molar-refractivity contribution >= 4 is 5.91 Å². The number of benzene rings is 1. The molecule has 0 aliphatic carbocycles. The van der Waals surface area contributed by atoms with Crippen LogP contribution in [0.15, 0.2) is 30.3 Å². The average molecular weight is 291 g/mol. The van der Waals surface area contributed by atoms with Gasteiger partial charge in [0.15, 0.2) is 0 Å². The van der Waals surface area contributed by atoms with Crippen LogP contribution >= 0.6 is 0 Å². The van der Waals surface area contributed by atoms with Crippen molar-refractivity contribution in [2.75, 3.05) is 33.7 Å². The standard InChI is InChI=1S/C17H29N3O/c1-15(13-18)9-10-17(21)20(12-11-19(2)3)14-16-7-5-4-6-8-16/h4-8,15H,9-14,18H2,1-3H3. The minimum atomic E-state index is 0.223. The summed E-state index contributed by atoms with van der Waals surface area (Å²) < 4.78 is 0. The van der Waals surface area contributed by atoms with Crippen molar-refractivity contribution in [3.63, 3.8) is 0 Å². The molecule has 4 heteroatoms. The van der Waals surface area contributed by atoms with Crippen LogP contribution in [-0.4, -0.2) is 49.4 Å². The molecule has 21 heavy (non-hydrogen) atoms. The fourth-order valence-electron chi connectivity index (χ4n) is 2.06. The summed E-state index contributed by atoms with van der Waals surface area (Å²) in [4.78, 5) is 16.5. The lowest BCUT2D eigenvalue weighted by atomic mass is 10.1. The largest absolute Gasteiger partial charge is 0.337 e. The van der Waals surface area contributed by atoms with Gasteiger partial charge in [-0.05, 0) is 38.5 Å². The van der Waals surface area contributed by atoms with Crippen molar-refractivity contribution in [2.24, 2.45) is 11.7 Å².